The molecule has 7 nitrogen and oxygen atoms in total. The molecule has 0 aromatic carbocycles. The molecule has 25 heavy (non-hydrogen) atoms. The first kappa shape index (κ1) is 16.2. The van der Waals surface area contributed by atoms with E-state index in [4.69, 9.17) is 9.15 Å². The number of anilines is 1. The summed E-state index contributed by atoms with van der Waals surface area (Å²) < 4.78 is 13.1. The summed E-state index contributed by atoms with van der Waals surface area (Å²) in [6.07, 6.45) is 3.44. The molecular weight excluding hydrogens is 320 g/mol. The summed E-state index contributed by atoms with van der Waals surface area (Å²) in [6.45, 7) is 3.44. The van der Waals surface area contributed by atoms with Gasteiger partial charge in [-0.25, -0.2) is 4.79 Å². The predicted octanol–water partition coefficient (Wildman–Crippen LogP) is 3.19. The van der Waals surface area contributed by atoms with Crippen LogP contribution in [0.4, 0.5) is 10.6 Å². The fourth-order valence-electron chi connectivity index (χ4n) is 3.33. The van der Waals surface area contributed by atoms with E-state index >= 15 is 0 Å². The second-order valence-electron chi connectivity index (χ2n) is 6.89. The molecule has 2 fully saturated rings. The van der Waals surface area contributed by atoms with E-state index in [1.807, 2.05) is 32.2 Å². The van der Waals surface area contributed by atoms with Gasteiger partial charge in [-0.2, -0.15) is 5.10 Å². The van der Waals surface area contributed by atoms with Gasteiger partial charge in [-0.15, -0.1) is 0 Å². The van der Waals surface area contributed by atoms with E-state index < -0.39 is 0 Å². The molecule has 0 radical (unpaired) electrons. The lowest BCUT2D eigenvalue weighted by atomic mass is 9.83. The highest BCUT2D eigenvalue weighted by Crippen LogP contribution is 2.36. The number of hydrogen-bond donors (Lipinski definition) is 1. The molecule has 3 heterocycles. The fraction of sp³-hybridized carbons (Fsp3) is 0.556. The average Bonchev–Trinajstić information content (AvgIpc) is 3.12. The van der Waals surface area contributed by atoms with Crippen molar-refractivity contribution < 1.29 is 13.9 Å². The van der Waals surface area contributed by atoms with Gasteiger partial charge in [-0.1, -0.05) is 6.42 Å². The minimum Gasteiger partial charge on any atom is -0.464 e. The Bertz CT molecular complexity index is 762. The molecule has 0 bridgehead atoms. The molecule has 1 aliphatic carbocycles. The number of carbonyl (C=O) groups is 1. The van der Waals surface area contributed by atoms with Gasteiger partial charge in [-0.3, -0.25) is 10.00 Å². The van der Waals surface area contributed by atoms with Crippen molar-refractivity contribution in [2.75, 3.05) is 25.0 Å². The van der Waals surface area contributed by atoms with Crippen molar-refractivity contribution in [1.82, 2.24) is 14.7 Å². The summed E-state index contributed by atoms with van der Waals surface area (Å²) in [5.74, 6) is 2.90. The third kappa shape index (κ3) is 3.28. The molecule has 2 amide bonds. The number of carbonyl (C=O) groups excluding carboxylic acids is 1. The molecule has 2 aliphatic rings. The number of aryl methyl sites for hydroxylation is 2. The Morgan fingerprint density at radius 3 is 2.88 bits per heavy atom. The molecule has 4 rings (SSSR count). The van der Waals surface area contributed by atoms with Crippen molar-refractivity contribution in [3.63, 3.8) is 0 Å². The average molecular weight is 344 g/mol. The van der Waals surface area contributed by atoms with E-state index in [1.165, 1.54) is 19.3 Å². The zero-order valence-corrected chi connectivity index (χ0v) is 14.7. The van der Waals surface area contributed by atoms with Crippen LogP contribution < -0.4 is 5.32 Å². The summed E-state index contributed by atoms with van der Waals surface area (Å²) in [5.41, 5.74) is 1.08. The van der Waals surface area contributed by atoms with Gasteiger partial charge in [0.05, 0.1) is 18.8 Å². The Balaban J connectivity index is 1.41. The van der Waals surface area contributed by atoms with Crippen LogP contribution >= 0.6 is 0 Å². The Morgan fingerprint density at radius 1 is 1.36 bits per heavy atom. The molecule has 0 spiro atoms. The van der Waals surface area contributed by atoms with Gasteiger partial charge in [0, 0.05) is 25.6 Å². The van der Waals surface area contributed by atoms with Crippen molar-refractivity contribution >= 4 is 11.8 Å². The lowest BCUT2D eigenvalue weighted by molar-refractivity contribution is -0.0246. The van der Waals surface area contributed by atoms with E-state index in [-0.39, 0.29) is 12.1 Å². The highest BCUT2D eigenvalue weighted by Gasteiger charge is 2.28. The van der Waals surface area contributed by atoms with Crippen LogP contribution in [0.2, 0.25) is 0 Å². The predicted molar refractivity (Wildman–Crippen MR) is 92.5 cm³/mol. The van der Waals surface area contributed by atoms with Gasteiger partial charge >= 0.3 is 6.03 Å². The molecule has 1 unspecified atom stereocenters. The quantitative estimate of drug-likeness (QED) is 0.928. The highest BCUT2D eigenvalue weighted by atomic mass is 16.5. The van der Waals surface area contributed by atoms with Gasteiger partial charge < -0.3 is 14.1 Å². The fourth-order valence-corrected chi connectivity index (χ4v) is 3.33. The Labute approximate surface area is 146 Å². The van der Waals surface area contributed by atoms with Crippen LogP contribution in [0.5, 0.6) is 0 Å². The van der Waals surface area contributed by atoms with E-state index in [9.17, 15) is 4.79 Å². The van der Waals surface area contributed by atoms with Crippen LogP contribution in [0.1, 0.15) is 48.5 Å². The standard InChI is InChI=1S/C18H24N4O3/c1-12-6-7-15(25-12)16-11-22(8-9-24-16)18(23)19-17-10-14(20-21(17)2)13-4-3-5-13/h6-7,10,13,16H,3-5,8-9,11H2,1-2H3,(H,19,23). The minimum atomic E-state index is -0.217. The molecule has 1 saturated carbocycles. The van der Waals surface area contributed by atoms with E-state index in [2.05, 4.69) is 10.4 Å². The Kier molecular flexibility index (Phi) is 4.25. The smallest absolute Gasteiger partial charge is 0.323 e. The van der Waals surface area contributed by atoms with E-state index in [0.717, 1.165) is 23.0 Å². The van der Waals surface area contributed by atoms with Crippen molar-refractivity contribution in [2.24, 2.45) is 7.05 Å². The van der Waals surface area contributed by atoms with Gasteiger partial charge in [0.25, 0.3) is 0 Å². The first-order chi connectivity index (χ1) is 12.1. The Hall–Kier alpha value is -2.28. The third-order valence-corrected chi connectivity index (χ3v) is 5.09. The van der Waals surface area contributed by atoms with Crippen LogP contribution in [-0.4, -0.2) is 40.4 Å². The molecule has 1 saturated heterocycles. The number of morpholine rings is 1. The first-order valence-corrected chi connectivity index (χ1v) is 8.88. The topological polar surface area (TPSA) is 72.5 Å². The second kappa shape index (κ2) is 6.55. The summed E-state index contributed by atoms with van der Waals surface area (Å²) in [5, 5.41) is 7.52. The molecule has 1 aliphatic heterocycles. The van der Waals surface area contributed by atoms with Crippen molar-refractivity contribution in [3.05, 3.63) is 35.4 Å². The maximum atomic E-state index is 12.7. The number of furan rings is 1. The van der Waals surface area contributed by atoms with Gasteiger partial charge in [0.2, 0.25) is 0 Å². The first-order valence-electron chi connectivity index (χ1n) is 8.88. The normalized spacial score (nSPS) is 21.2. The van der Waals surface area contributed by atoms with Crippen molar-refractivity contribution in [1.29, 1.82) is 0 Å². The summed E-state index contributed by atoms with van der Waals surface area (Å²) >= 11 is 0. The summed E-state index contributed by atoms with van der Waals surface area (Å²) in [6, 6.07) is 5.69. The molecule has 7 heteroatoms. The largest absolute Gasteiger partial charge is 0.464 e. The van der Waals surface area contributed by atoms with Crippen LogP contribution in [0.25, 0.3) is 0 Å². The monoisotopic (exact) mass is 344 g/mol. The van der Waals surface area contributed by atoms with Gasteiger partial charge in [-0.05, 0) is 31.9 Å². The van der Waals surface area contributed by atoms with Gasteiger partial charge in [0.15, 0.2) is 0 Å². The van der Waals surface area contributed by atoms with Crippen LogP contribution in [0.15, 0.2) is 22.6 Å². The van der Waals surface area contributed by atoms with Crippen LogP contribution in [0.3, 0.4) is 0 Å². The highest BCUT2D eigenvalue weighted by molar-refractivity contribution is 5.88. The second-order valence-corrected chi connectivity index (χ2v) is 6.89. The molecule has 134 valence electrons. The zero-order valence-electron chi connectivity index (χ0n) is 14.7. The molecule has 2 aromatic heterocycles. The molecule has 1 atom stereocenters. The molecule has 1 N–H and O–H groups in total. The number of rotatable bonds is 3. The zero-order chi connectivity index (χ0) is 17.4. The summed E-state index contributed by atoms with van der Waals surface area (Å²) in [4.78, 5) is 14.4. The Morgan fingerprint density at radius 2 is 2.20 bits per heavy atom. The lowest BCUT2D eigenvalue weighted by Crippen LogP contribution is -2.44. The number of nitrogens with one attached hydrogen (secondary N) is 1. The van der Waals surface area contributed by atoms with Crippen molar-refractivity contribution in [2.45, 2.75) is 38.2 Å². The number of amides is 2. The number of aromatic nitrogens is 2. The van der Waals surface area contributed by atoms with Crippen LogP contribution in [0, 0.1) is 6.92 Å². The maximum absolute atomic E-state index is 12.7. The third-order valence-electron chi connectivity index (χ3n) is 5.09. The maximum Gasteiger partial charge on any atom is 0.323 e. The van der Waals surface area contributed by atoms with Gasteiger partial charge in [0.1, 0.15) is 23.4 Å². The minimum absolute atomic E-state index is 0.125. The number of hydrogen-bond acceptors (Lipinski definition) is 4. The SMILES string of the molecule is Cc1ccc(C2CN(C(=O)Nc3cc(C4CCC4)nn3C)CCO2)o1. The van der Waals surface area contributed by atoms with Crippen LogP contribution in [-0.2, 0) is 11.8 Å². The lowest BCUT2D eigenvalue weighted by Gasteiger charge is -2.31. The number of nitrogens with zero attached hydrogens (tertiary/aromatic N) is 3. The van der Waals surface area contributed by atoms with Crippen molar-refractivity contribution in [3.8, 4) is 0 Å². The van der Waals surface area contributed by atoms with E-state index in [1.54, 1.807) is 9.58 Å². The summed E-state index contributed by atoms with van der Waals surface area (Å²) in [7, 11) is 1.87. The number of urea groups is 1. The number of ether oxygens (including phenoxy) is 1. The molecule has 2 aromatic rings. The molecular formula is C18H24N4O3. The van der Waals surface area contributed by atoms with E-state index in [0.29, 0.717) is 25.6 Å².